The number of benzene rings is 4. The molecule has 2 aliphatic heterocycles. The van der Waals surface area contributed by atoms with E-state index < -0.39 is 19.7 Å². The summed E-state index contributed by atoms with van der Waals surface area (Å²) in [5.41, 5.74) is 2.22. The highest BCUT2D eigenvalue weighted by Crippen LogP contribution is 2.31. The van der Waals surface area contributed by atoms with Crippen LogP contribution in [0.4, 0.5) is 14.7 Å². The molecule has 2 aromatic heterocycles. The van der Waals surface area contributed by atoms with Gasteiger partial charge in [0.25, 0.3) is 11.8 Å². The maximum Gasteiger partial charge on any atom is 0.255 e. The molecule has 0 atom stereocenters. The molecule has 6 aromatic rings. The van der Waals surface area contributed by atoms with Gasteiger partial charge in [-0.3, -0.25) is 9.59 Å². The second-order valence-electron chi connectivity index (χ2n) is 13.4. The molecule has 12 nitrogen and oxygen atoms in total. The molecule has 4 heterocycles. The van der Waals surface area contributed by atoms with Crippen molar-refractivity contribution in [3.63, 3.8) is 0 Å². The quantitative estimate of drug-likeness (QED) is 0.173. The van der Waals surface area contributed by atoms with Gasteiger partial charge in [0.1, 0.15) is 5.82 Å². The molecule has 2 amide bonds. The molecule has 2 fully saturated rings. The topological polar surface area (TPSA) is 141 Å². The molecular formula is C40H41FN6O6S4. The van der Waals surface area contributed by atoms with Crippen LogP contribution in [-0.2, 0) is 19.7 Å². The molecule has 4 aromatic carbocycles. The van der Waals surface area contributed by atoms with E-state index in [0.29, 0.717) is 52.4 Å². The Labute approximate surface area is 339 Å². The highest BCUT2D eigenvalue weighted by atomic mass is 32.2. The number of piperazine rings is 2. The minimum absolute atomic E-state index is 0.0251. The summed E-state index contributed by atoms with van der Waals surface area (Å²) in [6, 6.07) is 25.4. The molecule has 0 N–H and O–H groups in total. The molecule has 0 spiro atoms. The Hall–Kier alpha value is -4.97. The molecular weight excluding hydrogens is 808 g/mol. The number of sulfone groups is 2. The lowest BCUT2D eigenvalue weighted by Gasteiger charge is -2.34. The van der Waals surface area contributed by atoms with Crippen LogP contribution in [0.2, 0.25) is 0 Å². The summed E-state index contributed by atoms with van der Waals surface area (Å²) in [6.45, 7) is 7.67. The minimum Gasteiger partial charge on any atom is -0.345 e. The number of thiazole rings is 2. The van der Waals surface area contributed by atoms with Crippen LogP contribution >= 0.6 is 22.7 Å². The lowest BCUT2D eigenvalue weighted by Crippen LogP contribution is -2.49. The van der Waals surface area contributed by atoms with Crippen LogP contribution in [0.3, 0.4) is 0 Å². The van der Waals surface area contributed by atoms with Gasteiger partial charge in [-0.15, -0.1) is 0 Å². The summed E-state index contributed by atoms with van der Waals surface area (Å²) in [6.07, 6.45) is 0. The first-order chi connectivity index (χ1) is 27.4. The second-order valence-corrected chi connectivity index (χ2v) is 19.9. The third-order valence-corrected chi connectivity index (χ3v) is 15.7. The Morgan fingerprint density at radius 2 is 1.00 bits per heavy atom. The number of halogens is 1. The van der Waals surface area contributed by atoms with Gasteiger partial charge in [0.05, 0.1) is 52.9 Å². The standard InChI is InChI=1S/C20H20FN3O3S2.C20H21N3O3S2/c1-2-29(26,27)18-6-4-3-5-15(18)19(25)23-9-11-24(12-10-23)20-22-16-8-7-14(21)13-17(16)28-20;1-2-28(25,26)18-10-6-3-7-15(18)19(24)22-11-13-23(14-12-22)20-21-16-8-4-5-9-17(16)27-20/h3-8,13H,2,9-12H2,1H3;3-10H,2,11-14H2,1H3. The summed E-state index contributed by atoms with van der Waals surface area (Å²) < 4.78 is 64.7. The first-order valence-electron chi connectivity index (χ1n) is 18.5. The number of hydrogen-bond acceptors (Lipinski definition) is 12. The molecule has 0 bridgehead atoms. The zero-order chi connectivity index (χ0) is 40.3. The highest BCUT2D eigenvalue weighted by molar-refractivity contribution is 7.91. The Morgan fingerprint density at radius 3 is 1.47 bits per heavy atom. The van der Waals surface area contributed by atoms with Crippen molar-refractivity contribution in [2.75, 3.05) is 73.7 Å². The van der Waals surface area contributed by atoms with E-state index in [1.807, 2.05) is 18.2 Å². The number of fused-ring (bicyclic) bond motifs is 2. The third-order valence-electron chi connectivity index (χ3n) is 9.96. The first-order valence-corrected chi connectivity index (χ1v) is 23.5. The third kappa shape index (κ3) is 8.66. The van der Waals surface area contributed by atoms with Gasteiger partial charge in [-0.2, -0.15) is 0 Å². The van der Waals surface area contributed by atoms with Crippen molar-refractivity contribution in [2.45, 2.75) is 23.6 Å². The smallest absolute Gasteiger partial charge is 0.255 e. The van der Waals surface area contributed by atoms with E-state index in [1.165, 1.54) is 35.6 Å². The zero-order valence-corrected chi connectivity index (χ0v) is 34.6. The van der Waals surface area contributed by atoms with E-state index in [2.05, 4.69) is 25.8 Å². The molecule has 2 saturated heterocycles. The van der Waals surface area contributed by atoms with Crippen LogP contribution in [0, 0.1) is 5.82 Å². The fraction of sp³-hybridized carbons (Fsp3) is 0.300. The van der Waals surface area contributed by atoms with Gasteiger partial charge in [-0.25, -0.2) is 31.2 Å². The van der Waals surface area contributed by atoms with E-state index in [0.717, 1.165) is 30.7 Å². The van der Waals surface area contributed by atoms with Crippen LogP contribution in [0.1, 0.15) is 34.6 Å². The predicted octanol–water partition coefficient (Wildman–Crippen LogP) is 6.24. The minimum atomic E-state index is -3.48. The number of hydrogen-bond donors (Lipinski definition) is 0. The number of carbonyl (C=O) groups excluding carboxylic acids is 2. The SMILES string of the molecule is CCS(=O)(=O)c1ccccc1C(=O)N1CCN(c2nc3ccc(F)cc3s2)CC1.CCS(=O)(=O)c1ccccc1C(=O)N1CCN(c2nc3ccccc3s2)CC1. The number of carbonyl (C=O) groups is 2. The van der Waals surface area contributed by atoms with Crippen LogP contribution < -0.4 is 9.80 Å². The molecule has 0 saturated carbocycles. The van der Waals surface area contributed by atoms with Crippen molar-refractivity contribution in [3.8, 4) is 0 Å². The van der Waals surface area contributed by atoms with Crippen molar-refractivity contribution < 1.29 is 30.8 Å². The molecule has 8 rings (SSSR count). The van der Waals surface area contributed by atoms with Crippen LogP contribution in [0.15, 0.2) is 101 Å². The molecule has 57 heavy (non-hydrogen) atoms. The highest BCUT2D eigenvalue weighted by Gasteiger charge is 2.29. The lowest BCUT2D eigenvalue weighted by molar-refractivity contribution is 0.0735. The number of para-hydroxylation sites is 1. The average molecular weight is 849 g/mol. The summed E-state index contributed by atoms with van der Waals surface area (Å²) in [4.78, 5) is 43.1. The monoisotopic (exact) mass is 848 g/mol. The molecule has 2 aliphatic rings. The normalized spacial score (nSPS) is 15.1. The van der Waals surface area contributed by atoms with Gasteiger partial charge in [0.15, 0.2) is 29.9 Å². The zero-order valence-electron chi connectivity index (χ0n) is 31.4. The van der Waals surface area contributed by atoms with Gasteiger partial charge in [-0.1, -0.05) is 72.9 Å². The molecule has 298 valence electrons. The number of amides is 2. The van der Waals surface area contributed by atoms with E-state index >= 15 is 0 Å². The van der Waals surface area contributed by atoms with E-state index in [1.54, 1.807) is 77.4 Å². The van der Waals surface area contributed by atoms with Crippen molar-refractivity contribution in [2.24, 2.45) is 0 Å². The number of nitrogens with zero attached hydrogens (tertiary/aromatic N) is 6. The maximum absolute atomic E-state index is 13.4. The Morgan fingerprint density at radius 1 is 0.579 bits per heavy atom. The molecule has 17 heteroatoms. The summed E-state index contributed by atoms with van der Waals surface area (Å²) in [5.74, 6) is -0.865. The van der Waals surface area contributed by atoms with Crippen molar-refractivity contribution >= 4 is 84.9 Å². The Balaban J connectivity index is 0.000000174. The lowest BCUT2D eigenvalue weighted by atomic mass is 10.2. The number of rotatable bonds is 8. The van der Waals surface area contributed by atoms with Gasteiger partial charge in [-0.05, 0) is 54.6 Å². The second kappa shape index (κ2) is 16.9. The largest absolute Gasteiger partial charge is 0.345 e. The van der Waals surface area contributed by atoms with E-state index in [-0.39, 0.29) is 50.1 Å². The maximum atomic E-state index is 13.4. The first kappa shape index (κ1) is 40.2. The van der Waals surface area contributed by atoms with Crippen LogP contribution in [-0.4, -0.2) is 112 Å². The predicted molar refractivity (Wildman–Crippen MR) is 224 cm³/mol. The number of aromatic nitrogens is 2. The van der Waals surface area contributed by atoms with Gasteiger partial charge in [0, 0.05) is 52.4 Å². The van der Waals surface area contributed by atoms with Crippen molar-refractivity contribution in [1.29, 1.82) is 0 Å². The fourth-order valence-corrected chi connectivity index (χ4v) is 10.9. The van der Waals surface area contributed by atoms with Gasteiger partial charge in [0.2, 0.25) is 0 Å². The van der Waals surface area contributed by atoms with Gasteiger partial charge >= 0.3 is 0 Å². The Kier molecular flexibility index (Phi) is 11.9. The molecule has 0 aliphatic carbocycles. The van der Waals surface area contributed by atoms with E-state index in [4.69, 9.17) is 0 Å². The fourth-order valence-electron chi connectivity index (χ4n) is 6.70. The Bertz CT molecular complexity index is 2620. The van der Waals surface area contributed by atoms with Gasteiger partial charge < -0.3 is 19.6 Å². The van der Waals surface area contributed by atoms with Crippen molar-refractivity contribution in [1.82, 2.24) is 19.8 Å². The number of anilines is 2. The van der Waals surface area contributed by atoms with E-state index in [9.17, 15) is 30.8 Å². The summed E-state index contributed by atoms with van der Waals surface area (Å²) >= 11 is 3.08. The van der Waals surface area contributed by atoms with Crippen molar-refractivity contribution in [3.05, 3.63) is 108 Å². The van der Waals surface area contributed by atoms with Crippen LogP contribution in [0.25, 0.3) is 20.4 Å². The summed E-state index contributed by atoms with van der Waals surface area (Å²) in [7, 11) is -6.93. The average Bonchev–Trinajstić information content (AvgIpc) is 3.88. The van der Waals surface area contributed by atoms with Crippen LogP contribution in [0.5, 0.6) is 0 Å². The summed E-state index contributed by atoms with van der Waals surface area (Å²) in [5, 5.41) is 1.76. The molecule has 0 radical (unpaired) electrons. The molecule has 0 unspecified atom stereocenters.